The summed E-state index contributed by atoms with van der Waals surface area (Å²) in [5.41, 5.74) is 6.86. The molecule has 2 N–H and O–H groups in total. The normalized spacial score (nSPS) is 21.3. The van der Waals surface area contributed by atoms with E-state index in [2.05, 4.69) is 4.98 Å². The average molecular weight is 269 g/mol. The van der Waals surface area contributed by atoms with E-state index in [1.165, 1.54) is 0 Å². The molecule has 0 aromatic carbocycles. The largest absolute Gasteiger partial charge is 0.356 e. The number of nitrogens with two attached hydrogens (primary N) is 1. The molecule has 0 aliphatic carbocycles. The van der Waals surface area contributed by atoms with Crippen molar-refractivity contribution in [2.45, 2.75) is 19.4 Å². The van der Waals surface area contributed by atoms with Gasteiger partial charge in [0, 0.05) is 25.3 Å². The predicted molar refractivity (Wildman–Crippen MR) is 72.3 cm³/mol. The zero-order valence-electron chi connectivity index (χ0n) is 10.5. The van der Waals surface area contributed by atoms with Crippen LogP contribution in [0.4, 0.5) is 5.82 Å². The molecule has 18 heavy (non-hydrogen) atoms. The quantitative estimate of drug-likeness (QED) is 0.856. The third kappa shape index (κ3) is 3.20. The number of rotatable bonds is 2. The maximum absolute atomic E-state index is 11.6. The molecule has 100 valence electrons. The smallest absolute Gasteiger partial charge is 0.152 e. The summed E-state index contributed by atoms with van der Waals surface area (Å²) in [6, 6.07) is 3.80. The molecular weight excluding hydrogens is 250 g/mol. The van der Waals surface area contributed by atoms with Crippen LogP contribution < -0.4 is 10.6 Å². The molecule has 1 aromatic heterocycles. The summed E-state index contributed by atoms with van der Waals surface area (Å²) in [5, 5.41) is 0. The van der Waals surface area contributed by atoms with E-state index in [1.54, 1.807) is 6.20 Å². The minimum absolute atomic E-state index is 0.0394. The molecule has 1 atom stereocenters. The van der Waals surface area contributed by atoms with E-state index in [0.717, 1.165) is 17.9 Å². The third-order valence-corrected chi connectivity index (χ3v) is 4.89. The van der Waals surface area contributed by atoms with E-state index in [-0.39, 0.29) is 17.5 Å². The van der Waals surface area contributed by atoms with Gasteiger partial charge in [-0.2, -0.15) is 0 Å². The summed E-state index contributed by atoms with van der Waals surface area (Å²) in [5.74, 6) is 1.30. The second-order valence-electron chi connectivity index (χ2n) is 4.73. The van der Waals surface area contributed by atoms with Gasteiger partial charge in [-0.15, -0.1) is 0 Å². The van der Waals surface area contributed by atoms with Crippen LogP contribution in [-0.2, 0) is 9.84 Å². The van der Waals surface area contributed by atoms with Gasteiger partial charge in [-0.1, -0.05) is 0 Å². The van der Waals surface area contributed by atoms with Gasteiger partial charge in [-0.05, 0) is 31.0 Å². The Labute approximate surface area is 108 Å². The highest BCUT2D eigenvalue weighted by Crippen LogP contribution is 2.18. The van der Waals surface area contributed by atoms with E-state index >= 15 is 0 Å². The van der Waals surface area contributed by atoms with Crippen LogP contribution in [0.3, 0.4) is 0 Å². The van der Waals surface area contributed by atoms with Crippen LogP contribution in [-0.4, -0.2) is 38.0 Å². The number of aromatic nitrogens is 1. The summed E-state index contributed by atoms with van der Waals surface area (Å²) >= 11 is 0. The fourth-order valence-corrected chi connectivity index (χ4v) is 3.33. The van der Waals surface area contributed by atoms with E-state index in [9.17, 15) is 8.42 Å². The Bertz CT molecular complexity index is 514. The van der Waals surface area contributed by atoms with E-state index in [1.807, 2.05) is 24.0 Å². The van der Waals surface area contributed by atoms with Gasteiger partial charge < -0.3 is 10.6 Å². The number of hydrogen-bond acceptors (Lipinski definition) is 5. The topological polar surface area (TPSA) is 76.3 Å². The molecule has 0 spiro atoms. The van der Waals surface area contributed by atoms with Crippen LogP contribution in [0.2, 0.25) is 0 Å². The third-order valence-electron chi connectivity index (χ3n) is 3.17. The van der Waals surface area contributed by atoms with Gasteiger partial charge in [0.25, 0.3) is 0 Å². The maximum Gasteiger partial charge on any atom is 0.152 e. The molecule has 2 rings (SSSR count). The van der Waals surface area contributed by atoms with Crippen molar-refractivity contribution in [2.75, 3.05) is 29.5 Å². The van der Waals surface area contributed by atoms with E-state index in [0.29, 0.717) is 13.0 Å². The Morgan fingerprint density at radius 3 is 2.89 bits per heavy atom. The van der Waals surface area contributed by atoms with Gasteiger partial charge in [-0.3, -0.25) is 0 Å². The number of hydrogen-bond donors (Lipinski definition) is 1. The molecule has 1 aliphatic heterocycles. The van der Waals surface area contributed by atoms with Crippen molar-refractivity contribution in [3.8, 4) is 0 Å². The average Bonchev–Trinajstić information content (AvgIpc) is 2.50. The molecule has 1 aliphatic rings. The van der Waals surface area contributed by atoms with Crippen molar-refractivity contribution in [3.63, 3.8) is 0 Å². The Morgan fingerprint density at radius 2 is 2.17 bits per heavy atom. The van der Waals surface area contributed by atoms with Gasteiger partial charge in [0.15, 0.2) is 9.84 Å². The summed E-state index contributed by atoms with van der Waals surface area (Å²) < 4.78 is 23.1. The van der Waals surface area contributed by atoms with Gasteiger partial charge in [0.2, 0.25) is 0 Å². The van der Waals surface area contributed by atoms with Crippen molar-refractivity contribution < 1.29 is 8.42 Å². The molecule has 0 radical (unpaired) electrons. The number of anilines is 1. The zero-order chi connectivity index (χ0) is 13.2. The number of nitrogens with zero attached hydrogens (tertiary/aromatic N) is 2. The Balaban J connectivity index is 2.18. The fourth-order valence-electron chi connectivity index (χ4n) is 2.06. The van der Waals surface area contributed by atoms with Crippen LogP contribution in [0.1, 0.15) is 24.9 Å². The molecule has 0 bridgehead atoms. The number of pyridine rings is 1. The first-order valence-electron chi connectivity index (χ1n) is 6.15. The molecule has 1 fully saturated rings. The Hall–Kier alpha value is -1.14. The molecule has 1 saturated heterocycles. The summed E-state index contributed by atoms with van der Waals surface area (Å²) in [6.45, 7) is 3.17. The highest BCUT2D eigenvalue weighted by molar-refractivity contribution is 7.91. The van der Waals surface area contributed by atoms with Crippen molar-refractivity contribution in [1.82, 2.24) is 4.98 Å². The lowest BCUT2D eigenvalue weighted by Crippen LogP contribution is -2.27. The maximum atomic E-state index is 11.6. The highest BCUT2D eigenvalue weighted by atomic mass is 32.2. The predicted octanol–water partition coefficient (Wildman–Crippen LogP) is 0.726. The molecule has 5 nitrogen and oxygen atoms in total. The fraction of sp³-hybridized carbons (Fsp3) is 0.583. The van der Waals surface area contributed by atoms with E-state index < -0.39 is 9.84 Å². The molecule has 0 amide bonds. The van der Waals surface area contributed by atoms with Crippen molar-refractivity contribution in [3.05, 3.63) is 23.9 Å². The van der Waals surface area contributed by atoms with Crippen LogP contribution in [0.15, 0.2) is 18.3 Å². The Morgan fingerprint density at radius 1 is 1.39 bits per heavy atom. The van der Waals surface area contributed by atoms with Gasteiger partial charge >= 0.3 is 0 Å². The second-order valence-corrected chi connectivity index (χ2v) is 7.03. The zero-order valence-corrected chi connectivity index (χ0v) is 11.4. The number of sulfone groups is 1. The SMILES string of the molecule is CC(N)c1ccnc(N2CCCS(=O)(=O)CC2)c1. The molecule has 0 saturated carbocycles. The van der Waals surface area contributed by atoms with E-state index in [4.69, 9.17) is 5.73 Å². The van der Waals surface area contributed by atoms with Crippen LogP contribution >= 0.6 is 0 Å². The Kier molecular flexibility index (Phi) is 3.87. The highest BCUT2D eigenvalue weighted by Gasteiger charge is 2.20. The van der Waals surface area contributed by atoms with Crippen molar-refractivity contribution >= 4 is 15.7 Å². The first-order valence-corrected chi connectivity index (χ1v) is 7.97. The lowest BCUT2D eigenvalue weighted by molar-refractivity contribution is 0.597. The van der Waals surface area contributed by atoms with Gasteiger partial charge in [0.05, 0.1) is 11.5 Å². The first kappa shape index (κ1) is 13.3. The minimum Gasteiger partial charge on any atom is -0.356 e. The summed E-state index contributed by atoms with van der Waals surface area (Å²) in [4.78, 5) is 6.33. The summed E-state index contributed by atoms with van der Waals surface area (Å²) in [6.07, 6.45) is 2.39. The lowest BCUT2D eigenvalue weighted by Gasteiger charge is -2.21. The second kappa shape index (κ2) is 5.24. The minimum atomic E-state index is -2.88. The summed E-state index contributed by atoms with van der Waals surface area (Å²) in [7, 11) is -2.88. The first-order chi connectivity index (χ1) is 8.48. The van der Waals surface area contributed by atoms with Crippen LogP contribution in [0.5, 0.6) is 0 Å². The molecule has 6 heteroatoms. The standard InChI is InChI=1S/C12H19N3O2S/c1-10(13)11-3-4-14-12(9-11)15-5-2-7-18(16,17)8-6-15/h3-4,9-10H,2,5-8,13H2,1H3. The molecule has 1 unspecified atom stereocenters. The van der Waals surface area contributed by atoms with Crippen molar-refractivity contribution in [1.29, 1.82) is 0 Å². The van der Waals surface area contributed by atoms with Crippen LogP contribution in [0.25, 0.3) is 0 Å². The molecule has 2 heterocycles. The van der Waals surface area contributed by atoms with Crippen LogP contribution in [0, 0.1) is 0 Å². The molecular formula is C12H19N3O2S. The van der Waals surface area contributed by atoms with Gasteiger partial charge in [0.1, 0.15) is 5.82 Å². The lowest BCUT2D eigenvalue weighted by atomic mass is 10.1. The molecule has 1 aromatic rings. The van der Waals surface area contributed by atoms with Gasteiger partial charge in [-0.25, -0.2) is 13.4 Å². The monoisotopic (exact) mass is 269 g/mol. The van der Waals surface area contributed by atoms with Crippen molar-refractivity contribution in [2.24, 2.45) is 5.73 Å².